The Kier molecular flexibility index (Phi) is 12.0. The van der Waals surface area contributed by atoms with Crippen LogP contribution in [0.4, 0.5) is 5.69 Å². The number of hydrogen-bond donors (Lipinski definition) is 1. The van der Waals surface area contributed by atoms with Crippen LogP contribution >= 0.6 is 0 Å². The minimum atomic E-state index is -3.64. The van der Waals surface area contributed by atoms with Crippen LogP contribution in [0.25, 0.3) is 0 Å². The molecule has 0 aromatic heterocycles. The zero-order chi connectivity index (χ0) is 30.7. The summed E-state index contributed by atoms with van der Waals surface area (Å²) in [6.07, 6.45) is 1.83. The second-order valence-corrected chi connectivity index (χ2v) is 12.8. The Morgan fingerprint density at radius 1 is 0.929 bits per heavy atom. The number of benzene rings is 3. The second-order valence-electron chi connectivity index (χ2n) is 10.9. The Hall–Kier alpha value is -3.85. The van der Waals surface area contributed by atoms with Crippen molar-refractivity contribution in [3.8, 4) is 5.75 Å². The summed E-state index contributed by atoms with van der Waals surface area (Å²) in [4.78, 5) is 29.3. The first-order chi connectivity index (χ1) is 20.0. The van der Waals surface area contributed by atoms with Gasteiger partial charge in [-0.25, -0.2) is 8.42 Å². The van der Waals surface area contributed by atoms with E-state index in [1.165, 1.54) is 11.4 Å². The quantitative estimate of drug-likeness (QED) is 0.269. The molecule has 42 heavy (non-hydrogen) atoms. The van der Waals surface area contributed by atoms with Gasteiger partial charge in [0.15, 0.2) is 0 Å². The standard InChI is InChI=1S/C33H43N3O5S/c1-25(2)23-34-33(38)30(22-27-15-7-6-8-16-27)35(24-28-17-10-9-14-26(28)3)32(37)20-13-21-36(42(5,39)40)29-18-11-12-19-31(29)41-4/h6-12,14-19,25,30H,13,20-24H2,1-5H3,(H,34,38)/t30-/m0/s1. The van der Waals surface area contributed by atoms with E-state index in [1.54, 1.807) is 29.2 Å². The Morgan fingerprint density at radius 2 is 1.57 bits per heavy atom. The van der Waals surface area contributed by atoms with E-state index in [0.29, 0.717) is 24.4 Å². The number of rotatable bonds is 15. The number of aryl methyl sites for hydroxylation is 1. The Bertz CT molecular complexity index is 1430. The number of nitrogens with one attached hydrogen (secondary N) is 1. The number of ether oxygens (including phenoxy) is 1. The Morgan fingerprint density at radius 3 is 2.21 bits per heavy atom. The van der Waals surface area contributed by atoms with Crippen molar-refractivity contribution in [1.82, 2.24) is 10.2 Å². The van der Waals surface area contributed by atoms with E-state index in [-0.39, 0.29) is 43.7 Å². The van der Waals surface area contributed by atoms with E-state index in [1.807, 2.05) is 75.4 Å². The van der Waals surface area contributed by atoms with Gasteiger partial charge in [-0.1, -0.05) is 80.6 Å². The van der Waals surface area contributed by atoms with E-state index in [2.05, 4.69) is 5.32 Å². The number of hydrogen-bond acceptors (Lipinski definition) is 5. The fourth-order valence-corrected chi connectivity index (χ4v) is 5.73. The highest BCUT2D eigenvalue weighted by Gasteiger charge is 2.31. The van der Waals surface area contributed by atoms with Crippen LogP contribution in [0.5, 0.6) is 5.75 Å². The molecule has 1 atom stereocenters. The number of anilines is 1. The van der Waals surface area contributed by atoms with E-state index in [9.17, 15) is 18.0 Å². The number of carbonyl (C=O) groups excluding carboxylic acids is 2. The molecule has 3 aromatic rings. The summed E-state index contributed by atoms with van der Waals surface area (Å²) < 4.78 is 32.1. The highest BCUT2D eigenvalue weighted by molar-refractivity contribution is 7.92. The summed E-state index contributed by atoms with van der Waals surface area (Å²) >= 11 is 0. The van der Waals surface area contributed by atoms with Crippen LogP contribution < -0.4 is 14.4 Å². The molecule has 0 aliphatic carbocycles. The highest BCUT2D eigenvalue weighted by Crippen LogP contribution is 2.30. The molecule has 2 amide bonds. The molecule has 0 saturated carbocycles. The third-order valence-electron chi connectivity index (χ3n) is 7.06. The van der Waals surface area contributed by atoms with E-state index in [0.717, 1.165) is 22.9 Å². The maximum atomic E-state index is 14.0. The molecular formula is C33H43N3O5S. The number of nitrogens with zero attached hydrogens (tertiary/aromatic N) is 2. The number of amides is 2. The van der Waals surface area contributed by atoms with Gasteiger partial charge in [0, 0.05) is 32.5 Å². The topological polar surface area (TPSA) is 96.0 Å². The van der Waals surface area contributed by atoms with Gasteiger partial charge in [-0.15, -0.1) is 0 Å². The van der Waals surface area contributed by atoms with E-state index >= 15 is 0 Å². The SMILES string of the molecule is COc1ccccc1N(CCCC(=O)N(Cc1ccccc1C)[C@@H](Cc1ccccc1)C(=O)NCC(C)C)S(C)(=O)=O. The van der Waals surface area contributed by atoms with Gasteiger partial charge in [0.05, 0.1) is 19.1 Å². The smallest absolute Gasteiger partial charge is 0.243 e. The first-order valence-corrected chi connectivity index (χ1v) is 16.1. The third-order valence-corrected chi connectivity index (χ3v) is 8.24. The van der Waals surface area contributed by atoms with Gasteiger partial charge in [-0.05, 0) is 48.1 Å². The van der Waals surface area contributed by atoms with Gasteiger partial charge < -0.3 is 15.0 Å². The average molecular weight is 594 g/mol. The van der Waals surface area contributed by atoms with Crippen LogP contribution in [-0.2, 0) is 32.6 Å². The number of carbonyl (C=O) groups is 2. The molecule has 1 N–H and O–H groups in total. The molecule has 0 radical (unpaired) electrons. The van der Waals surface area contributed by atoms with Crippen molar-refractivity contribution in [3.05, 3.63) is 95.6 Å². The Labute approximate surface area is 250 Å². The predicted octanol–water partition coefficient (Wildman–Crippen LogP) is 4.96. The molecule has 0 bridgehead atoms. The van der Waals surface area contributed by atoms with Crippen molar-refractivity contribution in [2.45, 2.75) is 52.6 Å². The van der Waals surface area contributed by atoms with Crippen molar-refractivity contribution in [2.24, 2.45) is 5.92 Å². The zero-order valence-electron chi connectivity index (χ0n) is 25.2. The summed E-state index contributed by atoms with van der Waals surface area (Å²) in [6, 6.07) is 23.7. The molecule has 226 valence electrons. The van der Waals surface area contributed by atoms with Crippen molar-refractivity contribution >= 4 is 27.5 Å². The van der Waals surface area contributed by atoms with E-state index in [4.69, 9.17) is 4.74 Å². The summed E-state index contributed by atoms with van der Waals surface area (Å²) in [5.74, 6) is 0.262. The van der Waals surface area contributed by atoms with Crippen LogP contribution in [0.1, 0.15) is 43.4 Å². The lowest BCUT2D eigenvalue weighted by atomic mass is 10.0. The third kappa shape index (κ3) is 9.34. The molecule has 9 heteroatoms. The maximum Gasteiger partial charge on any atom is 0.243 e. The predicted molar refractivity (Wildman–Crippen MR) is 168 cm³/mol. The summed E-state index contributed by atoms with van der Waals surface area (Å²) in [5, 5.41) is 3.03. The summed E-state index contributed by atoms with van der Waals surface area (Å²) in [7, 11) is -2.16. The first-order valence-electron chi connectivity index (χ1n) is 14.3. The van der Waals surface area contributed by atoms with Gasteiger partial charge in [0.2, 0.25) is 21.8 Å². The van der Waals surface area contributed by atoms with Gasteiger partial charge in [-0.3, -0.25) is 13.9 Å². The molecule has 0 aliphatic rings. The largest absolute Gasteiger partial charge is 0.495 e. The van der Waals surface area contributed by atoms with Crippen molar-refractivity contribution in [1.29, 1.82) is 0 Å². The fraction of sp³-hybridized carbons (Fsp3) is 0.394. The van der Waals surface area contributed by atoms with E-state index < -0.39 is 16.1 Å². The van der Waals surface area contributed by atoms with Crippen molar-refractivity contribution in [2.75, 3.05) is 30.8 Å². The van der Waals surface area contributed by atoms with Gasteiger partial charge in [0.1, 0.15) is 11.8 Å². The number of sulfonamides is 1. The van der Waals surface area contributed by atoms with Crippen molar-refractivity contribution < 1.29 is 22.7 Å². The van der Waals surface area contributed by atoms with Gasteiger partial charge in [-0.2, -0.15) is 0 Å². The molecule has 0 unspecified atom stereocenters. The normalized spacial score (nSPS) is 12.0. The monoisotopic (exact) mass is 593 g/mol. The van der Waals surface area contributed by atoms with Crippen LogP contribution in [0, 0.1) is 12.8 Å². The Balaban J connectivity index is 1.90. The molecule has 8 nitrogen and oxygen atoms in total. The minimum Gasteiger partial charge on any atom is -0.495 e. The molecule has 0 aliphatic heterocycles. The molecule has 3 aromatic carbocycles. The fourth-order valence-electron chi connectivity index (χ4n) is 4.77. The molecule has 0 spiro atoms. The van der Waals surface area contributed by atoms with Gasteiger partial charge >= 0.3 is 0 Å². The van der Waals surface area contributed by atoms with Crippen LogP contribution in [0.15, 0.2) is 78.9 Å². The maximum absolute atomic E-state index is 14.0. The molecule has 0 fully saturated rings. The zero-order valence-corrected chi connectivity index (χ0v) is 26.1. The highest BCUT2D eigenvalue weighted by atomic mass is 32.2. The average Bonchev–Trinajstić information content (AvgIpc) is 2.96. The summed E-state index contributed by atoms with van der Waals surface area (Å²) in [6.45, 7) is 6.89. The van der Waals surface area contributed by atoms with Crippen LogP contribution in [0.2, 0.25) is 0 Å². The van der Waals surface area contributed by atoms with Crippen molar-refractivity contribution in [3.63, 3.8) is 0 Å². The van der Waals surface area contributed by atoms with Crippen LogP contribution in [0.3, 0.4) is 0 Å². The lowest BCUT2D eigenvalue weighted by molar-refractivity contribution is -0.141. The lowest BCUT2D eigenvalue weighted by Crippen LogP contribution is -2.51. The first kappa shape index (κ1) is 32.7. The minimum absolute atomic E-state index is 0.0653. The number of methoxy groups -OCH3 is 1. The summed E-state index contributed by atoms with van der Waals surface area (Å²) in [5.41, 5.74) is 3.34. The molecule has 0 heterocycles. The van der Waals surface area contributed by atoms with Gasteiger partial charge in [0.25, 0.3) is 0 Å². The number of para-hydroxylation sites is 2. The second kappa shape index (κ2) is 15.4. The molecule has 3 rings (SSSR count). The molecular weight excluding hydrogens is 550 g/mol. The van der Waals surface area contributed by atoms with Crippen LogP contribution in [-0.4, -0.2) is 57.6 Å². The lowest BCUT2D eigenvalue weighted by Gasteiger charge is -2.32. The molecule has 0 saturated heterocycles.